The molecule has 0 saturated carbocycles. The van der Waals surface area contributed by atoms with Crippen LogP contribution in [-0.2, 0) is 29.7 Å². The van der Waals surface area contributed by atoms with Crippen molar-refractivity contribution in [3.05, 3.63) is 104 Å². The van der Waals surface area contributed by atoms with Gasteiger partial charge in [-0.3, -0.25) is 18.6 Å². The first-order valence-corrected chi connectivity index (χ1v) is 11.7. The molecular weight excluding hydrogens is 458 g/mol. The average molecular weight is 486 g/mol. The molecule has 2 aromatic carbocycles. The van der Waals surface area contributed by atoms with Crippen LogP contribution in [0.15, 0.2) is 70.3 Å². The summed E-state index contributed by atoms with van der Waals surface area (Å²) >= 11 is 0. The van der Waals surface area contributed by atoms with Gasteiger partial charge in [0.1, 0.15) is 13.2 Å². The number of ether oxygens (including phenoxy) is 1. The number of carbonyl (C=O) groups excluding carboxylic acids is 1. The molecule has 0 amide bonds. The number of imidazole rings is 2. The van der Waals surface area contributed by atoms with Gasteiger partial charge in [-0.05, 0) is 31.9 Å². The Hall–Kier alpha value is -4.40. The molecular formula is C27H27N5O4. The van der Waals surface area contributed by atoms with E-state index in [0.717, 1.165) is 27.1 Å². The molecule has 184 valence electrons. The largest absolute Gasteiger partial charge is 0.459 e. The molecule has 3 aromatic heterocycles. The minimum absolute atomic E-state index is 0.0496. The monoisotopic (exact) mass is 485 g/mol. The second-order valence-electron chi connectivity index (χ2n) is 8.93. The van der Waals surface area contributed by atoms with Crippen LogP contribution in [0.2, 0.25) is 0 Å². The third kappa shape index (κ3) is 3.73. The lowest BCUT2D eigenvalue weighted by Crippen LogP contribution is -2.41. The van der Waals surface area contributed by atoms with E-state index in [-0.39, 0.29) is 23.8 Å². The first-order chi connectivity index (χ1) is 17.3. The van der Waals surface area contributed by atoms with E-state index in [9.17, 15) is 14.4 Å². The maximum atomic E-state index is 13.6. The number of esters is 1. The number of nitrogens with zero attached hydrogens (tertiary/aromatic N) is 5. The zero-order valence-electron chi connectivity index (χ0n) is 20.6. The van der Waals surface area contributed by atoms with Crippen molar-refractivity contribution in [2.45, 2.75) is 40.0 Å². The van der Waals surface area contributed by atoms with Gasteiger partial charge in [0.15, 0.2) is 11.2 Å². The van der Waals surface area contributed by atoms with E-state index < -0.39 is 23.8 Å². The quantitative estimate of drug-likeness (QED) is 0.345. The molecule has 5 aromatic rings. The van der Waals surface area contributed by atoms with Gasteiger partial charge in [0.25, 0.3) is 5.56 Å². The number of aryl methyl sites for hydroxylation is 2. The van der Waals surface area contributed by atoms with Crippen LogP contribution in [0.4, 0.5) is 0 Å². The first kappa shape index (κ1) is 23.3. The fourth-order valence-electron chi connectivity index (χ4n) is 4.67. The van der Waals surface area contributed by atoms with Gasteiger partial charge in [-0.25, -0.2) is 9.36 Å². The number of aromatic nitrogens is 5. The SMILES string of the molecule is Cc1c(C)n2c3c(=O)n(CC(=O)OCc4ccccc4)c(=O)n(C)c3nc2n1[C@H](C)c1ccccc1. The zero-order valence-corrected chi connectivity index (χ0v) is 20.6. The summed E-state index contributed by atoms with van der Waals surface area (Å²) in [4.78, 5) is 43.9. The van der Waals surface area contributed by atoms with Crippen molar-refractivity contribution in [1.29, 1.82) is 0 Å². The molecule has 9 heteroatoms. The molecule has 5 rings (SSSR count). The summed E-state index contributed by atoms with van der Waals surface area (Å²) in [5.41, 5.74) is 3.03. The molecule has 0 aliphatic carbocycles. The summed E-state index contributed by atoms with van der Waals surface area (Å²) < 4.78 is 11.4. The number of hydrogen-bond donors (Lipinski definition) is 0. The van der Waals surface area contributed by atoms with Crippen LogP contribution in [0.1, 0.15) is 35.5 Å². The van der Waals surface area contributed by atoms with E-state index in [1.807, 2.05) is 74.5 Å². The highest BCUT2D eigenvalue weighted by atomic mass is 16.5. The summed E-state index contributed by atoms with van der Waals surface area (Å²) in [5, 5.41) is 0. The fourth-order valence-corrected chi connectivity index (χ4v) is 4.67. The van der Waals surface area contributed by atoms with Gasteiger partial charge in [0, 0.05) is 18.4 Å². The van der Waals surface area contributed by atoms with Crippen LogP contribution < -0.4 is 11.2 Å². The molecule has 3 heterocycles. The Morgan fingerprint density at radius 3 is 2.28 bits per heavy atom. The van der Waals surface area contributed by atoms with Crippen molar-refractivity contribution in [2.75, 3.05) is 0 Å². The van der Waals surface area contributed by atoms with Crippen molar-refractivity contribution in [1.82, 2.24) is 23.1 Å². The van der Waals surface area contributed by atoms with E-state index >= 15 is 0 Å². The standard InChI is InChI=1S/C27H27N5O4/c1-17-18(2)32-23-24(28-26(32)31(17)19(3)21-13-9-6-10-14-21)29(4)27(35)30(25(23)34)15-22(33)36-16-20-11-7-5-8-12-20/h5-14,19H,15-16H2,1-4H3/t19-/m1/s1. The number of fused-ring (bicyclic) bond motifs is 3. The number of rotatable bonds is 6. The van der Waals surface area contributed by atoms with E-state index in [4.69, 9.17) is 9.72 Å². The second-order valence-corrected chi connectivity index (χ2v) is 8.93. The van der Waals surface area contributed by atoms with Gasteiger partial charge in [0.05, 0.1) is 6.04 Å². The zero-order chi connectivity index (χ0) is 25.6. The Morgan fingerprint density at radius 2 is 1.61 bits per heavy atom. The van der Waals surface area contributed by atoms with Gasteiger partial charge in [-0.1, -0.05) is 60.7 Å². The minimum atomic E-state index is -0.665. The maximum Gasteiger partial charge on any atom is 0.333 e. The molecule has 0 saturated heterocycles. The second kappa shape index (κ2) is 8.99. The third-order valence-corrected chi connectivity index (χ3v) is 6.76. The molecule has 0 bridgehead atoms. The molecule has 0 aliphatic rings. The van der Waals surface area contributed by atoms with Crippen molar-refractivity contribution in [3.63, 3.8) is 0 Å². The molecule has 0 radical (unpaired) electrons. The van der Waals surface area contributed by atoms with Gasteiger partial charge in [0.2, 0.25) is 5.78 Å². The van der Waals surface area contributed by atoms with Gasteiger partial charge >= 0.3 is 11.7 Å². The summed E-state index contributed by atoms with van der Waals surface area (Å²) in [7, 11) is 1.55. The lowest BCUT2D eigenvalue weighted by atomic mass is 10.1. The van der Waals surface area contributed by atoms with Crippen molar-refractivity contribution in [3.8, 4) is 0 Å². The smallest absolute Gasteiger partial charge is 0.333 e. The Morgan fingerprint density at radius 1 is 0.972 bits per heavy atom. The number of carbonyl (C=O) groups is 1. The summed E-state index contributed by atoms with van der Waals surface area (Å²) in [6, 6.07) is 19.2. The van der Waals surface area contributed by atoms with Gasteiger partial charge < -0.3 is 9.30 Å². The first-order valence-electron chi connectivity index (χ1n) is 11.7. The Bertz CT molecular complexity index is 1710. The van der Waals surface area contributed by atoms with E-state index in [1.54, 1.807) is 11.4 Å². The predicted molar refractivity (Wildman–Crippen MR) is 136 cm³/mol. The minimum Gasteiger partial charge on any atom is -0.459 e. The average Bonchev–Trinajstić information content (AvgIpc) is 3.39. The van der Waals surface area contributed by atoms with Crippen LogP contribution >= 0.6 is 0 Å². The topological polar surface area (TPSA) is 92.5 Å². The normalized spacial score (nSPS) is 12.3. The van der Waals surface area contributed by atoms with E-state index in [0.29, 0.717) is 5.78 Å². The molecule has 0 fully saturated rings. The van der Waals surface area contributed by atoms with Crippen LogP contribution in [0.3, 0.4) is 0 Å². The van der Waals surface area contributed by atoms with E-state index in [2.05, 4.69) is 11.5 Å². The number of benzene rings is 2. The van der Waals surface area contributed by atoms with Crippen LogP contribution in [0, 0.1) is 13.8 Å². The maximum absolute atomic E-state index is 13.6. The molecule has 0 spiro atoms. The van der Waals surface area contributed by atoms with E-state index in [1.165, 1.54) is 4.57 Å². The van der Waals surface area contributed by atoms with Crippen molar-refractivity contribution in [2.24, 2.45) is 7.05 Å². The molecule has 0 aliphatic heterocycles. The lowest BCUT2D eigenvalue weighted by molar-refractivity contribution is -0.145. The lowest BCUT2D eigenvalue weighted by Gasteiger charge is -2.16. The van der Waals surface area contributed by atoms with Gasteiger partial charge in [-0.15, -0.1) is 0 Å². The molecule has 9 nitrogen and oxygen atoms in total. The fraction of sp³-hybridized carbons (Fsp3) is 0.259. The molecule has 0 N–H and O–H groups in total. The molecule has 0 unspecified atom stereocenters. The van der Waals surface area contributed by atoms with Crippen LogP contribution in [-0.4, -0.2) is 29.1 Å². The predicted octanol–water partition coefficient (Wildman–Crippen LogP) is 3.12. The third-order valence-electron chi connectivity index (χ3n) is 6.76. The Labute approximate surface area is 206 Å². The summed E-state index contributed by atoms with van der Waals surface area (Å²) in [6.07, 6.45) is 0. The van der Waals surface area contributed by atoms with Crippen LogP contribution in [0.5, 0.6) is 0 Å². The highest BCUT2D eigenvalue weighted by Gasteiger charge is 2.25. The van der Waals surface area contributed by atoms with Crippen molar-refractivity contribution < 1.29 is 9.53 Å². The van der Waals surface area contributed by atoms with Crippen LogP contribution in [0.25, 0.3) is 16.9 Å². The highest BCUT2D eigenvalue weighted by molar-refractivity contribution is 5.77. The summed E-state index contributed by atoms with van der Waals surface area (Å²) in [6.45, 7) is 5.55. The number of hydrogen-bond acceptors (Lipinski definition) is 5. The Kier molecular flexibility index (Phi) is 5.83. The highest BCUT2D eigenvalue weighted by Crippen LogP contribution is 2.27. The van der Waals surface area contributed by atoms with Crippen molar-refractivity contribution >= 4 is 22.9 Å². The summed E-state index contributed by atoms with van der Waals surface area (Å²) in [5.74, 6) is -0.103. The Balaban J connectivity index is 1.60. The van der Waals surface area contributed by atoms with Gasteiger partial charge in [-0.2, -0.15) is 4.98 Å². The molecule has 1 atom stereocenters. The molecule has 36 heavy (non-hydrogen) atoms.